The van der Waals surface area contributed by atoms with Crippen molar-refractivity contribution in [1.29, 1.82) is 0 Å². The predicted molar refractivity (Wildman–Crippen MR) is 88.2 cm³/mol. The van der Waals surface area contributed by atoms with Crippen LogP contribution in [0.1, 0.15) is 11.4 Å². The SMILES string of the molecule is Cc1nc2ccc(NC(=O)N(C)[C@H]3CCS(=O)(=O)C3)cc2s1. The molecule has 6 nitrogen and oxygen atoms in total. The number of hydrogen-bond acceptors (Lipinski definition) is 5. The summed E-state index contributed by atoms with van der Waals surface area (Å²) in [5.74, 6) is 0.200. The summed E-state index contributed by atoms with van der Waals surface area (Å²) in [4.78, 5) is 18.1. The highest BCUT2D eigenvalue weighted by Crippen LogP contribution is 2.25. The van der Waals surface area contributed by atoms with Crippen LogP contribution in [0, 0.1) is 6.92 Å². The maximum Gasteiger partial charge on any atom is 0.321 e. The highest BCUT2D eigenvalue weighted by atomic mass is 32.2. The molecule has 0 saturated carbocycles. The number of fused-ring (bicyclic) bond motifs is 1. The van der Waals surface area contributed by atoms with Crippen LogP contribution < -0.4 is 5.32 Å². The molecule has 22 heavy (non-hydrogen) atoms. The minimum Gasteiger partial charge on any atom is -0.324 e. The van der Waals surface area contributed by atoms with Crippen LogP contribution in [0.2, 0.25) is 0 Å². The first-order valence-electron chi connectivity index (χ1n) is 6.95. The third-order valence-corrected chi connectivity index (χ3v) is 6.51. The summed E-state index contributed by atoms with van der Waals surface area (Å²) in [5.41, 5.74) is 1.60. The van der Waals surface area contributed by atoms with Gasteiger partial charge in [0, 0.05) is 18.8 Å². The van der Waals surface area contributed by atoms with E-state index >= 15 is 0 Å². The molecule has 8 heteroatoms. The molecule has 0 spiro atoms. The first kappa shape index (κ1) is 15.2. The fourth-order valence-electron chi connectivity index (χ4n) is 2.58. The van der Waals surface area contributed by atoms with Gasteiger partial charge in [-0.15, -0.1) is 11.3 Å². The lowest BCUT2D eigenvalue weighted by molar-refractivity contribution is 0.209. The second-order valence-corrected chi connectivity index (χ2v) is 8.98. The van der Waals surface area contributed by atoms with E-state index in [4.69, 9.17) is 0 Å². The van der Waals surface area contributed by atoms with Crippen LogP contribution >= 0.6 is 11.3 Å². The molecule has 1 aromatic carbocycles. The van der Waals surface area contributed by atoms with Crippen LogP contribution in [-0.2, 0) is 9.84 Å². The number of anilines is 1. The van der Waals surface area contributed by atoms with Crippen molar-refractivity contribution in [2.45, 2.75) is 19.4 Å². The van der Waals surface area contributed by atoms with Crippen molar-refractivity contribution in [3.05, 3.63) is 23.2 Å². The number of carbonyl (C=O) groups excluding carboxylic acids is 1. The molecule has 1 aliphatic heterocycles. The van der Waals surface area contributed by atoms with Gasteiger partial charge in [-0.1, -0.05) is 0 Å². The Morgan fingerprint density at radius 3 is 2.91 bits per heavy atom. The second kappa shape index (κ2) is 5.51. The van der Waals surface area contributed by atoms with E-state index in [0.717, 1.165) is 15.2 Å². The maximum absolute atomic E-state index is 12.3. The molecule has 2 heterocycles. The molecular formula is C14H17N3O3S2. The van der Waals surface area contributed by atoms with Crippen molar-refractivity contribution >= 4 is 43.1 Å². The van der Waals surface area contributed by atoms with Gasteiger partial charge in [0.2, 0.25) is 0 Å². The van der Waals surface area contributed by atoms with Crippen LogP contribution in [0.4, 0.5) is 10.5 Å². The van der Waals surface area contributed by atoms with Gasteiger partial charge in [0.25, 0.3) is 0 Å². The Morgan fingerprint density at radius 1 is 1.45 bits per heavy atom. The van der Waals surface area contributed by atoms with Crippen molar-refractivity contribution in [2.75, 3.05) is 23.9 Å². The molecule has 3 rings (SSSR count). The molecule has 0 aliphatic carbocycles. The Balaban J connectivity index is 1.72. The molecule has 2 aromatic rings. The minimum absolute atomic E-state index is 0.0456. The summed E-state index contributed by atoms with van der Waals surface area (Å²) in [5, 5.41) is 3.80. The van der Waals surface area contributed by atoms with Gasteiger partial charge >= 0.3 is 6.03 Å². The monoisotopic (exact) mass is 339 g/mol. The third kappa shape index (κ3) is 3.07. The number of thiazole rings is 1. The van der Waals surface area contributed by atoms with Crippen LogP contribution in [-0.4, -0.2) is 48.9 Å². The van der Waals surface area contributed by atoms with Crippen LogP contribution in [0.15, 0.2) is 18.2 Å². The summed E-state index contributed by atoms with van der Waals surface area (Å²) in [6.07, 6.45) is 0.499. The van der Waals surface area contributed by atoms with Gasteiger partial charge in [-0.25, -0.2) is 18.2 Å². The number of aryl methyl sites for hydroxylation is 1. The lowest BCUT2D eigenvalue weighted by Crippen LogP contribution is -2.40. The van der Waals surface area contributed by atoms with Crippen LogP contribution in [0.25, 0.3) is 10.2 Å². The number of carbonyl (C=O) groups is 1. The number of hydrogen-bond donors (Lipinski definition) is 1. The summed E-state index contributed by atoms with van der Waals surface area (Å²) < 4.78 is 24.0. The smallest absolute Gasteiger partial charge is 0.321 e. The molecule has 1 aromatic heterocycles. The van der Waals surface area contributed by atoms with E-state index in [1.165, 1.54) is 4.90 Å². The molecule has 1 atom stereocenters. The predicted octanol–water partition coefficient (Wildman–Crippen LogP) is 2.26. The van der Waals surface area contributed by atoms with Crippen molar-refractivity contribution in [2.24, 2.45) is 0 Å². The van der Waals surface area contributed by atoms with Crippen LogP contribution in [0.3, 0.4) is 0 Å². The van der Waals surface area contributed by atoms with E-state index in [2.05, 4.69) is 10.3 Å². The highest BCUT2D eigenvalue weighted by molar-refractivity contribution is 7.91. The molecule has 0 bridgehead atoms. The zero-order valence-electron chi connectivity index (χ0n) is 12.4. The van der Waals surface area contributed by atoms with Gasteiger partial charge in [-0.05, 0) is 31.5 Å². The summed E-state index contributed by atoms with van der Waals surface area (Å²) in [6.45, 7) is 1.94. The summed E-state index contributed by atoms with van der Waals surface area (Å²) in [7, 11) is -1.37. The standard InChI is InChI=1S/C14H17N3O3S2/c1-9-15-12-4-3-10(7-13(12)21-9)16-14(18)17(2)11-5-6-22(19,20)8-11/h3-4,7,11H,5-6,8H2,1-2H3,(H,16,18)/t11-/m0/s1. The quantitative estimate of drug-likeness (QED) is 0.910. The second-order valence-electron chi connectivity index (χ2n) is 5.51. The molecule has 0 unspecified atom stereocenters. The average Bonchev–Trinajstić information content (AvgIpc) is 2.98. The molecule has 1 fully saturated rings. The molecule has 1 aliphatic rings. The first-order chi connectivity index (χ1) is 10.3. The topological polar surface area (TPSA) is 79.4 Å². The lowest BCUT2D eigenvalue weighted by atomic mass is 10.2. The molecule has 1 saturated heterocycles. The maximum atomic E-state index is 12.3. The average molecular weight is 339 g/mol. The van der Waals surface area contributed by atoms with Crippen molar-refractivity contribution in [3.8, 4) is 0 Å². The Labute approximate surface area is 133 Å². The fourth-order valence-corrected chi connectivity index (χ4v) is 5.22. The Hall–Kier alpha value is -1.67. The summed E-state index contributed by atoms with van der Waals surface area (Å²) in [6, 6.07) is 5.02. The number of nitrogens with zero attached hydrogens (tertiary/aromatic N) is 2. The number of nitrogens with one attached hydrogen (secondary N) is 1. The molecule has 2 amide bonds. The minimum atomic E-state index is -3.00. The molecule has 1 N–H and O–H groups in total. The Morgan fingerprint density at radius 2 is 2.23 bits per heavy atom. The lowest BCUT2D eigenvalue weighted by Gasteiger charge is -2.23. The number of benzene rings is 1. The van der Waals surface area contributed by atoms with E-state index in [9.17, 15) is 13.2 Å². The molecular weight excluding hydrogens is 322 g/mol. The first-order valence-corrected chi connectivity index (χ1v) is 9.59. The zero-order chi connectivity index (χ0) is 15.9. The van der Waals surface area contributed by atoms with Gasteiger partial charge in [0.1, 0.15) is 0 Å². The number of amides is 2. The van der Waals surface area contributed by atoms with E-state index in [1.807, 2.05) is 19.1 Å². The third-order valence-electron chi connectivity index (χ3n) is 3.82. The normalized spacial score (nSPS) is 20.2. The van der Waals surface area contributed by atoms with E-state index in [1.54, 1.807) is 24.5 Å². The van der Waals surface area contributed by atoms with Crippen molar-refractivity contribution in [3.63, 3.8) is 0 Å². The van der Waals surface area contributed by atoms with Crippen LogP contribution in [0.5, 0.6) is 0 Å². The Bertz CT molecular complexity index is 829. The van der Waals surface area contributed by atoms with E-state index in [0.29, 0.717) is 12.1 Å². The number of rotatable bonds is 2. The van der Waals surface area contributed by atoms with Gasteiger partial charge in [0.05, 0.1) is 26.7 Å². The van der Waals surface area contributed by atoms with E-state index in [-0.39, 0.29) is 23.6 Å². The van der Waals surface area contributed by atoms with Crippen molar-refractivity contribution in [1.82, 2.24) is 9.88 Å². The van der Waals surface area contributed by atoms with Gasteiger partial charge < -0.3 is 10.2 Å². The van der Waals surface area contributed by atoms with Gasteiger partial charge in [-0.3, -0.25) is 0 Å². The number of aromatic nitrogens is 1. The highest BCUT2D eigenvalue weighted by Gasteiger charge is 2.32. The molecule has 0 radical (unpaired) electrons. The number of urea groups is 1. The van der Waals surface area contributed by atoms with Crippen molar-refractivity contribution < 1.29 is 13.2 Å². The van der Waals surface area contributed by atoms with Gasteiger partial charge in [-0.2, -0.15) is 0 Å². The molecule has 118 valence electrons. The largest absolute Gasteiger partial charge is 0.324 e. The zero-order valence-corrected chi connectivity index (χ0v) is 14.0. The number of sulfone groups is 1. The summed E-state index contributed by atoms with van der Waals surface area (Å²) >= 11 is 1.57. The fraction of sp³-hybridized carbons (Fsp3) is 0.429. The van der Waals surface area contributed by atoms with E-state index < -0.39 is 9.84 Å². The van der Waals surface area contributed by atoms with Gasteiger partial charge in [0.15, 0.2) is 9.84 Å². The Kier molecular flexibility index (Phi) is 3.82.